The number of carbonyl (C=O) groups excluding carboxylic acids is 1. The molecule has 1 amide bonds. The zero-order valence-corrected chi connectivity index (χ0v) is 28.2. The lowest BCUT2D eigenvalue weighted by Crippen LogP contribution is -2.39. The number of likely N-dealkylation sites (N-methyl/N-ethyl adjacent to an activating group) is 1. The number of allylic oxidation sites excluding steroid dienone is 3. The summed E-state index contributed by atoms with van der Waals surface area (Å²) in [7, 11) is 2.13. The molecule has 2 aliphatic rings. The van der Waals surface area contributed by atoms with E-state index in [9.17, 15) is 15.0 Å². The summed E-state index contributed by atoms with van der Waals surface area (Å²) in [6, 6.07) is 6.51. The van der Waals surface area contributed by atoms with Crippen LogP contribution in [0.25, 0.3) is 10.9 Å². The normalized spacial score (nSPS) is 19.9. The van der Waals surface area contributed by atoms with E-state index >= 15 is 0 Å². The fraction of sp³-hybridized carbons (Fsp3) is 0.622. The van der Waals surface area contributed by atoms with Crippen LogP contribution in [0.15, 0.2) is 46.5 Å². The molecule has 4 rings (SSSR count). The Morgan fingerprint density at radius 2 is 1.93 bits per heavy atom. The highest BCUT2D eigenvalue weighted by molar-refractivity contribution is 5.98. The standard InChI is InChI=1S/C37H56N4O3/c1-8-10-21-40(7)22-20-38-37(44)33(24(3)9-2)29-16-14-28(15-17-29)23-41-31-13-11-12-25(4)34(31)35-26(5)30(18-19-32(42)43)27(6)39-36(35)41/h11-14,16,24,26,30,32-33,42-43H,8-10,15,17-23H2,1-7H3,(H,38,44). The van der Waals surface area contributed by atoms with Gasteiger partial charge in [-0.2, -0.15) is 0 Å². The highest BCUT2D eigenvalue weighted by atomic mass is 16.5. The molecule has 0 radical (unpaired) electrons. The molecule has 7 heteroatoms. The van der Waals surface area contributed by atoms with E-state index < -0.39 is 6.29 Å². The summed E-state index contributed by atoms with van der Waals surface area (Å²) in [5, 5.41) is 23.6. The van der Waals surface area contributed by atoms with E-state index in [1.54, 1.807) is 0 Å². The number of hydrogen-bond donors (Lipinski definition) is 3. The van der Waals surface area contributed by atoms with Gasteiger partial charge in [0.15, 0.2) is 6.29 Å². The Morgan fingerprint density at radius 1 is 1.16 bits per heavy atom. The maximum atomic E-state index is 13.4. The molecule has 2 heterocycles. The molecule has 2 aromatic rings. The number of benzene rings is 1. The van der Waals surface area contributed by atoms with Crippen molar-refractivity contribution in [2.24, 2.45) is 22.7 Å². The van der Waals surface area contributed by atoms with Gasteiger partial charge in [0.05, 0.1) is 11.4 Å². The van der Waals surface area contributed by atoms with Crippen LogP contribution in [0.1, 0.15) is 96.6 Å². The van der Waals surface area contributed by atoms with E-state index in [1.165, 1.54) is 46.0 Å². The van der Waals surface area contributed by atoms with E-state index in [0.29, 0.717) is 19.4 Å². The van der Waals surface area contributed by atoms with E-state index in [0.717, 1.165) is 50.4 Å². The van der Waals surface area contributed by atoms with Crippen LogP contribution in [0, 0.1) is 24.7 Å². The molecule has 1 aromatic heterocycles. The third-order valence-corrected chi connectivity index (χ3v) is 10.1. The molecule has 1 aliphatic carbocycles. The van der Waals surface area contributed by atoms with Gasteiger partial charge in [0.2, 0.25) is 5.91 Å². The number of aromatic nitrogens is 1. The minimum Gasteiger partial charge on any atom is -0.368 e. The minimum absolute atomic E-state index is 0.0935. The molecule has 4 atom stereocenters. The first kappa shape index (κ1) is 34.1. The van der Waals surface area contributed by atoms with Crippen LogP contribution in [-0.4, -0.2) is 64.3 Å². The molecule has 1 aromatic carbocycles. The number of aliphatic hydroxyl groups is 2. The lowest BCUT2D eigenvalue weighted by molar-refractivity contribution is -0.125. The van der Waals surface area contributed by atoms with Gasteiger partial charge < -0.3 is 25.0 Å². The van der Waals surface area contributed by atoms with Crippen LogP contribution < -0.4 is 5.32 Å². The summed E-state index contributed by atoms with van der Waals surface area (Å²) >= 11 is 0. The Morgan fingerprint density at radius 3 is 2.59 bits per heavy atom. The van der Waals surface area contributed by atoms with Crippen molar-refractivity contribution >= 4 is 28.3 Å². The number of unbranched alkanes of at least 4 members (excludes halogenated alkanes) is 1. The SMILES string of the molecule is CCCCN(C)CCNC(=O)C(C1=CC=C(Cn2c3c(c4c(C)cccc42)C(C)C(CCC(O)O)C(C)=N3)CC1)C(C)CC. The Labute approximate surface area is 265 Å². The molecule has 1 aliphatic heterocycles. The van der Waals surface area contributed by atoms with Crippen molar-refractivity contribution < 1.29 is 15.0 Å². The van der Waals surface area contributed by atoms with Gasteiger partial charge in [-0.3, -0.25) is 4.79 Å². The Balaban J connectivity index is 1.57. The van der Waals surface area contributed by atoms with E-state index in [2.05, 4.69) is 93.7 Å². The summed E-state index contributed by atoms with van der Waals surface area (Å²) in [6.07, 6.45) is 9.40. The summed E-state index contributed by atoms with van der Waals surface area (Å²) in [4.78, 5) is 20.9. The van der Waals surface area contributed by atoms with Crippen molar-refractivity contribution in [3.8, 4) is 0 Å². The molecule has 0 spiro atoms. The zero-order valence-electron chi connectivity index (χ0n) is 28.2. The second-order valence-corrected chi connectivity index (χ2v) is 13.4. The Bertz CT molecular complexity index is 1380. The number of aryl methyl sites for hydroxylation is 1. The second kappa shape index (κ2) is 15.5. The maximum Gasteiger partial charge on any atom is 0.227 e. The van der Waals surface area contributed by atoms with Crippen LogP contribution in [0.4, 0.5) is 5.82 Å². The number of carbonyl (C=O) groups is 1. The fourth-order valence-corrected chi connectivity index (χ4v) is 7.25. The summed E-state index contributed by atoms with van der Waals surface area (Å²) in [6.45, 7) is 16.5. The molecule has 3 N–H and O–H groups in total. The summed E-state index contributed by atoms with van der Waals surface area (Å²) in [5.74, 6) is 1.81. The monoisotopic (exact) mass is 604 g/mol. The summed E-state index contributed by atoms with van der Waals surface area (Å²) < 4.78 is 2.38. The van der Waals surface area contributed by atoms with Crippen molar-refractivity contribution in [3.63, 3.8) is 0 Å². The van der Waals surface area contributed by atoms with Gasteiger partial charge in [0.25, 0.3) is 0 Å². The number of fused-ring (bicyclic) bond motifs is 3. The molecule has 0 saturated carbocycles. The third-order valence-electron chi connectivity index (χ3n) is 10.1. The number of hydrogen-bond acceptors (Lipinski definition) is 5. The number of rotatable bonds is 15. The zero-order chi connectivity index (χ0) is 32.0. The molecule has 4 unspecified atom stereocenters. The van der Waals surface area contributed by atoms with Gasteiger partial charge in [0, 0.05) is 42.2 Å². The largest absolute Gasteiger partial charge is 0.368 e. The average molecular weight is 605 g/mol. The minimum atomic E-state index is -1.29. The Hall–Kier alpha value is -2.74. The molecular weight excluding hydrogens is 548 g/mol. The van der Waals surface area contributed by atoms with Gasteiger partial charge >= 0.3 is 0 Å². The smallest absolute Gasteiger partial charge is 0.227 e. The predicted molar refractivity (Wildman–Crippen MR) is 183 cm³/mol. The molecule has 242 valence electrons. The van der Waals surface area contributed by atoms with Gasteiger partial charge in [-0.05, 0) is 83.0 Å². The molecule has 0 saturated heterocycles. The molecule has 0 bridgehead atoms. The number of aliphatic imine (C=N–C) groups is 1. The van der Waals surface area contributed by atoms with E-state index in [1.807, 2.05) is 0 Å². The van der Waals surface area contributed by atoms with Gasteiger partial charge in [-0.15, -0.1) is 0 Å². The summed E-state index contributed by atoms with van der Waals surface area (Å²) in [5.41, 5.74) is 7.39. The Kier molecular flexibility index (Phi) is 12.0. The van der Waals surface area contributed by atoms with Crippen molar-refractivity contribution in [1.82, 2.24) is 14.8 Å². The fourth-order valence-electron chi connectivity index (χ4n) is 7.25. The van der Waals surface area contributed by atoms with Crippen molar-refractivity contribution in [2.75, 3.05) is 26.7 Å². The molecular formula is C37H56N4O3. The maximum absolute atomic E-state index is 13.4. The van der Waals surface area contributed by atoms with Gasteiger partial charge in [-0.25, -0.2) is 4.99 Å². The predicted octanol–water partition coefficient (Wildman–Crippen LogP) is 7.02. The van der Waals surface area contributed by atoms with Crippen LogP contribution >= 0.6 is 0 Å². The van der Waals surface area contributed by atoms with Crippen LogP contribution in [-0.2, 0) is 11.3 Å². The second-order valence-electron chi connectivity index (χ2n) is 13.4. The van der Waals surface area contributed by atoms with Crippen molar-refractivity contribution in [2.45, 2.75) is 105 Å². The van der Waals surface area contributed by atoms with E-state index in [4.69, 9.17) is 4.99 Å². The topological polar surface area (TPSA) is 90.1 Å². The lowest BCUT2D eigenvalue weighted by Gasteiger charge is -2.30. The van der Waals surface area contributed by atoms with Crippen LogP contribution in [0.5, 0.6) is 0 Å². The number of aliphatic hydroxyl groups excluding tert-OH is 1. The molecule has 7 nitrogen and oxygen atoms in total. The molecule has 0 fully saturated rings. The average Bonchev–Trinajstić information content (AvgIpc) is 3.30. The molecule has 44 heavy (non-hydrogen) atoms. The van der Waals surface area contributed by atoms with Crippen LogP contribution in [0.3, 0.4) is 0 Å². The highest BCUT2D eigenvalue weighted by Gasteiger charge is 2.34. The number of amides is 1. The van der Waals surface area contributed by atoms with Gasteiger partial charge in [-0.1, -0.05) is 76.0 Å². The lowest BCUT2D eigenvalue weighted by atomic mass is 9.79. The van der Waals surface area contributed by atoms with Crippen molar-refractivity contribution in [1.29, 1.82) is 0 Å². The van der Waals surface area contributed by atoms with Crippen LogP contribution in [0.2, 0.25) is 0 Å². The highest BCUT2D eigenvalue weighted by Crippen LogP contribution is 2.47. The van der Waals surface area contributed by atoms with E-state index in [-0.39, 0.29) is 29.6 Å². The quantitative estimate of drug-likeness (QED) is 0.191. The first-order chi connectivity index (χ1) is 21.1. The number of nitrogens with zero attached hydrogens (tertiary/aromatic N) is 3. The first-order valence-corrected chi connectivity index (χ1v) is 16.9. The van der Waals surface area contributed by atoms with Gasteiger partial charge in [0.1, 0.15) is 5.82 Å². The first-order valence-electron chi connectivity index (χ1n) is 16.9. The third kappa shape index (κ3) is 7.72. The number of nitrogens with one attached hydrogen (secondary N) is 1. The van der Waals surface area contributed by atoms with Crippen molar-refractivity contribution in [3.05, 3.63) is 52.6 Å².